The van der Waals surface area contributed by atoms with Crippen molar-refractivity contribution in [3.05, 3.63) is 82.1 Å². The second-order valence-corrected chi connectivity index (χ2v) is 7.01. The van der Waals surface area contributed by atoms with Crippen LogP contribution in [-0.2, 0) is 17.5 Å². The molecule has 0 saturated heterocycles. The first-order valence-corrected chi connectivity index (χ1v) is 9.34. The number of halogens is 4. The molecule has 1 N–H and O–H groups in total. The molecule has 0 aliphatic carbocycles. The minimum atomic E-state index is -4.55. The van der Waals surface area contributed by atoms with E-state index in [1.165, 1.54) is 25.1 Å². The van der Waals surface area contributed by atoms with Gasteiger partial charge in [0.2, 0.25) is 5.91 Å². The summed E-state index contributed by atoms with van der Waals surface area (Å²) in [5.41, 5.74) is 0.209. The lowest BCUT2D eigenvalue weighted by Crippen LogP contribution is -2.18. The molecule has 30 heavy (non-hydrogen) atoms. The number of ketones is 1. The Morgan fingerprint density at radius 1 is 1.10 bits per heavy atom. The Bertz CT molecular complexity index is 1080. The Kier molecular flexibility index (Phi) is 6.26. The van der Waals surface area contributed by atoms with Gasteiger partial charge in [-0.2, -0.15) is 18.3 Å². The number of benzene rings is 2. The van der Waals surface area contributed by atoms with Crippen molar-refractivity contribution in [2.45, 2.75) is 26.1 Å². The number of carbonyl (C=O) groups excluding carboxylic acids is 2. The fraction of sp³-hybridized carbons (Fsp3) is 0.190. The van der Waals surface area contributed by atoms with Crippen LogP contribution in [0.25, 0.3) is 0 Å². The third-order valence-electron chi connectivity index (χ3n) is 4.36. The third kappa shape index (κ3) is 5.07. The normalized spacial score (nSPS) is 11.4. The van der Waals surface area contributed by atoms with Crippen LogP contribution in [0.4, 0.5) is 18.9 Å². The fourth-order valence-electron chi connectivity index (χ4n) is 2.85. The number of hydrogen-bond donors (Lipinski definition) is 1. The standard InChI is InChI=1S/C21H17ClF3N3O2/c1-13-11-18(21(23,24)25)27-28(13)10-9-19(29)26-17-8-7-15(22)12-16(17)20(30)14-5-3-2-4-6-14/h2-8,11-12H,9-10H2,1H3,(H,26,29). The fourth-order valence-corrected chi connectivity index (χ4v) is 3.03. The summed E-state index contributed by atoms with van der Waals surface area (Å²) in [6, 6.07) is 13.9. The van der Waals surface area contributed by atoms with Gasteiger partial charge in [0, 0.05) is 34.8 Å². The Morgan fingerprint density at radius 3 is 2.43 bits per heavy atom. The van der Waals surface area contributed by atoms with Gasteiger partial charge in [0.15, 0.2) is 11.5 Å². The van der Waals surface area contributed by atoms with Gasteiger partial charge in [-0.05, 0) is 31.2 Å². The molecule has 1 aromatic heterocycles. The lowest BCUT2D eigenvalue weighted by Gasteiger charge is -2.12. The molecular weight excluding hydrogens is 419 g/mol. The number of carbonyl (C=O) groups is 2. The molecule has 0 aliphatic rings. The first-order chi connectivity index (χ1) is 14.1. The van der Waals surface area contributed by atoms with Crippen molar-refractivity contribution in [3.8, 4) is 0 Å². The van der Waals surface area contributed by atoms with E-state index in [9.17, 15) is 22.8 Å². The van der Waals surface area contributed by atoms with Crippen molar-refractivity contribution < 1.29 is 22.8 Å². The number of anilines is 1. The van der Waals surface area contributed by atoms with Gasteiger partial charge in [0.1, 0.15) is 0 Å². The maximum atomic E-state index is 12.8. The molecule has 5 nitrogen and oxygen atoms in total. The number of amides is 1. The molecule has 156 valence electrons. The van der Waals surface area contributed by atoms with Crippen molar-refractivity contribution in [3.63, 3.8) is 0 Å². The maximum absolute atomic E-state index is 12.8. The summed E-state index contributed by atoms with van der Waals surface area (Å²) in [6.45, 7) is 1.44. The van der Waals surface area contributed by atoms with Crippen LogP contribution in [0.2, 0.25) is 5.02 Å². The van der Waals surface area contributed by atoms with Gasteiger partial charge in [-0.1, -0.05) is 41.9 Å². The molecule has 1 heterocycles. The minimum absolute atomic E-state index is 0.0384. The molecule has 0 bridgehead atoms. The molecule has 3 aromatic rings. The predicted molar refractivity (Wildman–Crippen MR) is 107 cm³/mol. The topological polar surface area (TPSA) is 64.0 Å². The minimum Gasteiger partial charge on any atom is -0.325 e. The number of alkyl halides is 3. The summed E-state index contributed by atoms with van der Waals surface area (Å²) in [5, 5.41) is 6.46. The van der Waals surface area contributed by atoms with Crippen LogP contribution < -0.4 is 5.32 Å². The van der Waals surface area contributed by atoms with Crippen LogP contribution in [0.5, 0.6) is 0 Å². The van der Waals surface area contributed by atoms with E-state index < -0.39 is 17.8 Å². The second kappa shape index (κ2) is 8.71. The van der Waals surface area contributed by atoms with Gasteiger partial charge >= 0.3 is 6.18 Å². The van der Waals surface area contributed by atoms with E-state index >= 15 is 0 Å². The highest BCUT2D eigenvalue weighted by Crippen LogP contribution is 2.28. The van der Waals surface area contributed by atoms with E-state index in [1.807, 2.05) is 0 Å². The summed E-state index contributed by atoms with van der Waals surface area (Å²) in [6.07, 6.45) is -4.67. The van der Waals surface area contributed by atoms with E-state index in [1.54, 1.807) is 30.3 Å². The van der Waals surface area contributed by atoms with Gasteiger partial charge in [-0.25, -0.2) is 0 Å². The van der Waals surface area contributed by atoms with Crippen LogP contribution in [0, 0.1) is 6.92 Å². The zero-order valence-corrected chi connectivity index (χ0v) is 16.6. The van der Waals surface area contributed by atoms with Crippen molar-refractivity contribution in [2.75, 3.05) is 5.32 Å². The van der Waals surface area contributed by atoms with Crippen LogP contribution >= 0.6 is 11.6 Å². The number of aromatic nitrogens is 2. The average Bonchev–Trinajstić information content (AvgIpc) is 3.09. The first-order valence-electron chi connectivity index (χ1n) is 8.96. The highest BCUT2D eigenvalue weighted by Gasteiger charge is 2.34. The summed E-state index contributed by atoms with van der Waals surface area (Å²) >= 11 is 6.01. The highest BCUT2D eigenvalue weighted by atomic mass is 35.5. The van der Waals surface area contributed by atoms with Crippen LogP contribution in [0.15, 0.2) is 54.6 Å². The largest absolute Gasteiger partial charge is 0.435 e. The predicted octanol–water partition coefficient (Wildman–Crippen LogP) is 5.12. The monoisotopic (exact) mass is 435 g/mol. The van der Waals surface area contributed by atoms with E-state index in [2.05, 4.69) is 10.4 Å². The summed E-state index contributed by atoms with van der Waals surface area (Å²) in [5.74, 6) is -0.783. The van der Waals surface area contributed by atoms with Crippen LogP contribution in [-0.4, -0.2) is 21.5 Å². The van der Waals surface area contributed by atoms with Gasteiger partial charge in [-0.3, -0.25) is 14.3 Å². The van der Waals surface area contributed by atoms with Gasteiger partial charge in [0.25, 0.3) is 0 Å². The Hall–Kier alpha value is -3.13. The average molecular weight is 436 g/mol. The van der Waals surface area contributed by atoms with Crippen molar-refractivity contribution in [1.82, 2.24) is 9.78 Å². The molecule has 0 radical (unpaired) electrons. The van der Waals surface area contributed by atoms with E-state index in [4.69, 9.17) is 11.6 Å². The van der Waals surface area contributed by atoms with Crippen LogP contribution in [0.1, 0.15) is 33.7 Å². The van der Waals surface area contributed by atoms with E-state index in [-0.39, 0.29) is 30.0 Å². The SMILES string of the molecule is Cc1cc(C(F)(F)F)nn1CCC(=O)Nc1ccc(Cl)cc1C(=O)c1ccccc1. The zero-order valence-electron chi connectivity index (χ0n) is 15.8. The van der Waals surface area contributed by atoms with E-state index in [0.717, 1.165) is 10.7 Å². The number of rotatable bonds is 6. The summed E-state index contributed by atoms with van der Waals surface area (Å²) in [4.78, 5) is 25.2. The molecule has 3 rings (SSSR count). The molecule has 0 fully saturated rings. The molecule has 2 aromatic carbocycles. The van der Waals surface area contributed by atoms with Gasteiger partial charge in [0.05, 0.1) is 5.69 Å². The van der Waals surface area contributed by atoms with E-state index in [0.29, 0.717) is 16.3 Å². The third-order valence-corrected chi connectivity index (χ3v) is 4.59. The Labute approximate surface area is 175 Å². The Balaban J connectivity index is 1.73. The Morgan fingerprint density at radius 2 is 1.80 bits per heavy atom. The number of hydrogen-bond acceptors (Lipinski definition) is 3. The molecule has 0 saturated carbocycles. The molecule has 9 heteroatoms. The molecule has 1 amide bonds. The maximum Gasteiger partial charge on any atom is 0.435 e. The molecule has 0 unspecified atom stereocenters. The quantitative estimate of drug-likeness (QED) is 0.546. The first kappa shape index (κ1) is 21.6. The zero-order chi connectivity index (χ0) is 21.9. The summed E-state index contributed by atoms with van der Waals surface area (Å²) in [7, 11) is 0. The summed E-state index contributed by atoms with van der Waals surface area (Å²) < 4.78 is 39.4. The van der Waals surface area contributed by atoms with Gasteiger partial charge in [-0.15, -0.1) is 0 Å². The molecule has 0 atom stereocenters. The lowest BCUT2D eigenvalue weighted by molar-refractivity contribution is -0.141. The smallest absolute Gasteiger partial charge is 0.325 e. The highest BCUT2D eigenvalue weighted by molar-refractivity contribution is 6.31. The molecular formula is C21H17ClF3N3O2. The molecule has 0 spiro atoms. The number of nitrogens with zero attached hydrogens (tertiary/aromatic N) is 2. The van der Waals surface area contributed by atoms with Crippen molar-refractivity contribution in [2.24, 2.45) is 0 Å². The lowest BCUT2D eigenvalue weighted by atomic mass is 10.0. The van der Waals surface area contributed by atoms with Gasteiger partial charge < -0.3 is 5.32 Å². The second-order valence-electron chi connectivity index (χ2n) is 6.58. The number of aryl methyl sites for hydroxylation is 2. The van der Waals surface area contributed by atoms with Crippen LogP contribution in [0.3, 0.4) is 0 Å². The molecule has 0 aliphatic heterocycles. The number of nitrogens with one attached hydrogen (secondary N) is 1. The van der Waals surface area contributed by atoms with Crippen molar-refractivity contribution in [1.29, 1.82) is 0 Å². The van der Waals surface area contributed by atoms with Crippen molar-refractivity contribution >= 4 is 29.0 Å².